The fourth-order valence-electron chi connectivity index (χ4n) is 1.95. The van der Waals surface area contributed by atoms with Gasteiger partial charge in [-0.2, -0.15) is 0 Å². The number of halogens is 1. The summed E-state index contributed by atoms with van der Waals surface area (Å²) in [4.78, 5) is 23.1. The van der Waals surface area contributed by atoms with Crippen LogP contribution in [-0.2, 0) is 9.53 Å². The van der Waals surface area contributed by atoms with E-state index in [2.05, 4.69) is 15.9 Å². The molecular weight excluding hydrogens is 340 g/mol. The van der Waals surface area contributed by atoms with Crippen molar-refractivity contribution in [2.75, 3.05) is 6.61 Å². The summed E-state index contributed by atoms with van der Waals surface area (Å²) in [6.45, 7) is 3.19. The molecule has 0 bridgehead atoms. The van der Waals surface area contributed by atoms with Crippen LogP contribution in [0, 0.1) is 0 Å². The minimum absolute atomic E-state index is 0.0288. The third-order valence-corrected chi connectivity index (χ3v) is 3.20. The highest BCUT2D eigenvalue weighted by molar-refractivity contribution is 9.10. The quantitative estimate of drug-likeness (QED) is 0.676. The Morgan fingerprint density at radius 2 is 1.90 bits per heavy atom. The van der Waals surface area contributed by atoms with Crippen molar-refractivity contribution in [1.29, 1.82) is 0 Å². The van der Waals surface area contributed by atoms with Crippen molar-refractivity contribution < 1.29 is 24.2 Å². The first-order valence-electron chi connectivity index (χ1n) is 6.24. The molecule has 2 aromatic rings. The zero-order valence-electron chi connectivity index (χ0n) is 11.5. The molecule has 0 aliphatic rings. The Morgan fingerprint density at radius 3 is 2.52 bits per heavy atom. The molecule has 0 saturated carbocycles. The van der Waals surface area contributed by atoms with E-state index in [1.165, 1.54) is 25.1 Å². The molecule has 2 aromatic carbocycles. The van der Waals surface area contributed by atoms with Crippen molar-refractivity contribution in [1.82, 2.24) is 0 Å². The molecule has 0 saturated heterocycles. The van der Waals surface area contributed by atoms with Gasteiger partial charge in [0.1, 0.15) is 11.5 Å². The van der Waals surface area contributed by atoms with E-state index in [0.29, 0.717) is 15.2 Å². The maximum atomic E-state index is 11.9. The van der Waals surface area contributed by atoms with Gasteiger partial charge < -0.3 is 14.6 Å². The fraction of sp³-hybridized carbons (Fsp3) is 0.200. The van der Waals surface area contributed by atoms with Gasteiger partial charge in [-0.1, -0.05) is 15.9 Å². The van der Waals surface area contributed by atoms with Crippen LogP contribution in [-0.4, -0.2) is 23.7 Å². The second-order valence-electron chi connectivity index (χ2n) is 4.31. The van der Waals surface area contributed by atoms with Crippen molar-refractivity contribution >= 4 is 38.6 Å². The van der Waals surface area contributed by atoms with E-state index in [0.717, 1.165) is 0 Å². The summed E-state index contributed by atoms with van der Waals surface area (Å²) in [5.41, 5.74) is 0.207. The lowest BCUT2D eigenvalue weighted by Crippen LogP contribution is -2.07. The van der Waals surface area contributed by atoms with Crippen LogP contribution in [0.2, 0.25) is 0 Å². The Hall–Kier alpha value is -2.08. The molecule has 0 spiro atoms. The minimum atomic E-state index is -0.546. The largest absolute Gasteiger partial charge is 0.507 e. The molecule has 0 unspecified atom stereocenters. The number of hydrogen-bond acceptors (Lipinski definition) is 5. The fourth-order valence-corrected chi connectivity index (χ4v) is 2.39. The van der Waals surface area contributed by atoms with Gasteiger partial charge in [0.2, 0.25) is 0 Å². The standard InChI is InChI=1S/C15H13BrO5/c1-3-20-15(19)9-4-11-12(6-10(16)7-13(11)18)14(5-9)21-8(2)17/h4-7,18H,3H2,1-2H3. The van der Waals surface area contributed by atoms with Crippen LogP contribution in [0.3, 0.4) is 0 Å². The molecule has 0 atom stereocenters. The Labute approximate surface area is 129 Å². The molecule has 1 N–H and O–H groups in total. The van der Waals surface area contributed by atoms with Crippen LogP contribution in [0.5, 0.6) is 11.5 Å². The number of esters is 2. The number of phenols is 1. The molecule has 0 fully saturated rings. The molecule has 0 aliphatic heterocycles. The van der Waals surface area contributed by atoms with Crippen molar-refractivity contribution in [3.05, 3.63) is 34.3 Å². The Balaban J connectivity index is 2.70. The van der Waals surface area contributed by atoms with E-state index in [9.17, 15) is 14.7 Å². The second-order valence-corrected chi connectivity index (χ2v) is 5.22. The van der Waals surface area contributed by atoms with Crippen molar-refractivity contribution in [3.8, 4) is 11.5 Å². The highest BCUT2D eigenvalue weighted by atomic mass is 79.9. The van der Waals surface area contributed by atoms with Crippen LogP contribution in [0.15, 0.2) is 28.7 Å². The average Bonchev–Trinajstić information content (AvgIpc) is 2.39. The number of ether oxygens (including phenoxy) is 2. The predicted molar refractivity (Wildman–Crippen MR) is 80.6 cm³/mol. The van der Waals surface area contributed by atoms with Crippen molar-refractivity contribution in [2.45, 2.75) is 13.8 Å². The van der Waals surface area contributed by atoms with Crippen molar-refractivity contribution in [3.63, 3.8) is 0 Å². The van der Waals surface area contributed by atoms with Crippen LogP contribution >= 0.6 is 15.9 Å². The normalized spacial score (nSPS) is 10.4. The number of carbonyl (C=O) groups excluding carboxylic acids is 2. The van der Waals surface area contributed by atoms with E-state index in [1.54, 1.807) is 13.0 Å². The Bertz CT molecular complexity index is 724. The van der Waals surface area contributed by atoms with E-state index in [1.807, 2.05) is 0 Å². The van der Waals surface area contributed by atoms with Crippen LogP contribution in [0.4, 0.5) is 0 Å². The van der Waals surface area contributed by atoms with Gasteiger partial charge in [0.05, 0.1) is 12.2 Å². The molecule has 110 valence electrons. The van der Waals surface area contributed by atoms with Gasteiger partial charge in [-0.05, 0) is 31.2 Å². The monoisotopic (exact) mass is 352 g/mol. The average molecular weight is 353 g/mol. The van der Waals surface area contributed by atoms with Crippen LogP contribution in [0.25, 0.3) is 10.8 Å². The molecule has 0 amide bonds. The number of carbonyl (C=O) groups is 2. The maximum absolute atomic E-state index is 11.9. The first-order valence-corrected chi connectivity index (χ1v) is 7.03. The summed E-state index contributed by atoms with van der Waals surface area (Å²) in [5, 5.41) is 10.9. The van der Waals surface area contributed by atoms with E-state index in [-0.39, 0.29) is 23.7 Å². The van der Waals surface area contributed by atoms with Gasteiger partial charge in [-0.25, -0.2) is 4.79 Å². The molecule has 6 heteroatoms. The van der Waals surface area contributed by atoms with E-state index >= 15 is 0 Å². The van der Waals surface area contributed by atoms with Crippen molar-refractivity contribution in [2.24, 2.45) is 0 Å². The number of fused-ring (bicyclic) bond motifs is 1. The number of benzene rings is 2. The highest BCUT2D eigenvalue weighted by Crippen LogP contribution is 2.36. The summed E-state index contributed by atoms with van der Waals surface area (Å²) >= 11 is 3.26. The van der Waals surface area contributed by atoms with E-state index < -0.39 is 11.9 Å². The molecule has 0 aliphatic carbocycles. The lowest BCUT2D eigenvalue weighted by Gasteiger charge is -2.11. The summed E-state index contributed by atoms with van der Waals surface area (Å²) in [6.07, 6.45) is 0. The third kappa shape index (κ3) is 3.33. The smallest absolute Gasteiger partial charge is 0.338 e. The molecule has 5 nitrogen and oxygen atoms in total. The van der Waals surface area contributed by atoms with Gasteiger partial charge >= 0.3 is 11.9 Å². The zero-order valence-corrected chi connectivity index (χ0v) is 13.1. The summed E-state index contributed by atoms with van der Waals surface area (Å²) in [6, 6.07) is 6.12. The van der Waals surface area contributed by atoms with E-state index in [4.69, 9.17) is 9.47 Å². The topological polar surface area (TPSA) is 72.8 Å². The summed E-state index contributed by atoms with van der Waals surface area (Å²) < 4.78 is 10.7. The first kappa shape index (κ1) is 15.3. The number of rotatable bonds is 3. The number of aromatic hydroxyl groups is 1. The maximum Gasteiger partial charge on any atom is 0.338 e. The SMILES string of the molecule is CCOC(=O)c1cc(OC(C)=O)c2cc(Br)cc(O)c2c1. The summed E-state index contributed by atoms with van der Waals surface area (Å²) in [5.74, 6) is -0.898. The Kier molecular flexibility index (Phi) is 4.47. The lowest BCUT2D eigenvalue weighted by molar-refractivity contribution is -0.131. The molecule has 2 rings (SSSR count). The van der Waals surface area contributed by atoms with Gasteiger partial charge in [-0.15, -0.1) is 0 Å². The highest BCUT2D eigenvalue weighted by Gasteiger charge is 2.16. The lowest BCUT2D eigenvalue weighted by atomic mass is 10.0. The molecule has 0 radical (unpaired) electrons. The minimum Gasteiger partial charge on any atom is -0.507 e. The molecular formula is C15H13BrO5. The summed E-state index contributed by atoms with van der Waals surface area (Å²) in [7, 11) is 0. The van der Waals surface area contributed by atoms with Gasteiger partial charge in [0.25, 0.3) is 0 Å². The predicted octanol–water partition coefficient (Wildman–Crippen LogP) is 3.41. The first-order chi connectivity index (χ1) is 9.92. The number of hydrogen-bond donors (Lipinski definition) is 1. The molecule has 21 heavy (non-hydrogen) atoms. The molecule has 0 heterocycles. The van der Waals surface area contributed by atoms with Crippen LogP contribution < -0.4 is 4.74 Å². The zero-order chi connectivity index (χ0) is 15.6. The van der Waals surface area contributed by atoms with Gasteiger partial charge in [0, 0.05) is 22.2 Å². The van der Waals surface area contributed by atoms with Gasteiger partial charge in [-0.3, -0.25) is 4.79 Å². The Morgan fingerprint density at radius 1 is 1.19 bits per heavy atom. The van der Waals surface area contributed by atoms with Gasteiger partial charge in [0.15, 0.2) is 0 Å². The third-order valence-electron chi connectivity index (χ3n) is 2.74. The second kappa shape index (κ2) is 6.13. The van der Waals surface area contributed by atoms with Crippen LogP contribution in [0.1, 0.15) is 24.2 Å². The molecule has 0 aromatic heterocycles. The number of phenolic OH excluding ortho intramolecular Hbond substituents is 1.